The first-order valence-electron chi connectivity index (χ1n) is 9.12. The van der Waals surface area contributed by atoms with Crippen LogP contribution in [0.4, 0.5) is 0 Å². The first-order valence-corrected chi connectivity index (χ1v) is 9.50. The van der Waals surface area contributed by atoms with Crippen molar-refractivity contribution in [2.75, 3.05) is 0 Å². The van der Waals surface area contributed by atoms with Crippen molar-refractivity contribution in [2.24, 2.45) is 28.6 Å². The number of halogens is 1. The standard InChI is InChI=1S/C21H25ClO2/c1-19-8-5-15(23)13-14(19)3-4-16-17(19)6-9-20(2)18(16)7-10-21(20,24)11-12-22/h7,10,13,16-18,24H,3-6,8-9H2,1-2H3/t16-,17+,18+,19+,20+,21-/m1/s1. The van der Waals surface area contributed by atoms with Crippen molar-refractivity contribution >= 4 is 17.4 Å². The molecule has 24 heavy (non-hydrogen) atoms. The maximum absolute atomic E-state index is 11.9. The van der Waals surface area contributed by atoms with Gasteiger partial charge < -0.3 is 5.11 Å². The van der Waals surface area contributed by atoms with Crippen molar-refractivity contribution in [3.05, 3.63) is 23.8 Å². The summed E-state index contributed by atoms with van der Waals surface area (Å²) in [6, 6.07) is 0. The minimum absolute atomic E-state index is 0.158. The van der Waals surface area contributed by atoms with Gasteiger partial charge in [0.05, 0.1) is 0 Å². The quantitative estimate of drug-likeness (QED) is 0.527. The second kappa shape index (κ2) is 5.23. The van der Waals surface area contributed by atoms with E-state index >= 15 is 0 Å². The fourth-order valence-corrected chi connectivity index (χ4v) is 6.44. The summed E-state index contributed by atoms with van der Waals surface area (Å²) < 4.78 is 0. The van der Waals surface area contributed by atoms with Gasteiger partial charge in [-0.15, -0.1) is 0 Å². The summed E-state index contributed by atoms with van der Waals surface area (Å²) in [6.45, 7) is 4.54. The zero-order chi connectivity index (χ0) is 17.2. The lowest BCUT2D eigenvalue weighted by Crippen LogP contribution is -2.54. The fourth-order valence-electron chi connectivity index (χ4n) is 6.30. The van der Waals surface area contributed by atoms with E-state index in [0.717, 1.165) is 32.1 Å². The molecule has 2 saturated carbocycles. The van der Waals surface area contributed by atoms with Crippen LogP contribution in [0.15, 0.2) is 23.8 Å². The first-order chi connectivity index (χ1) is 11.3. The average Bonchev–Trinajstić information content (AvgIpc) is 2.80. The Labute approximate surface area is 149 Å². The van der Waals surface area contributed by atoms with E-state index in [-0.39, 0.29) is 10.8 Å². The molecular formula is C21H25ClO2. The zero-order valence-electron chi connectivity index (χ0n) is 14.4. The van der Waals surface area contributed by atoms with Gasteiger partial charge >= 0.3 is 0 Å². The SMILES string of the molecule is C[C@]12CCC(=O)C=C1CC[C@@H]1[C@@H]2CC[C@@]2(C)[C@H]1C=C[C@@]2(O)C#CCl. The molecule has 0 unspecified atom stereocenters. The lowest BCUT2D eigenvalue weighted by Gasteiger charge is -2.58. The highest BCUT2D eigenvalue weighted by molar-refractivity contribution is 6.30. The number of ketones is 1. The van der Waals surface area contributed by atoms with Crippen LogP contribution in [-0.4, -0.2) is 16.5 Å². The van der Waals surface area contributed by atoms with Crippen LogP contribution in [0.5, 0.6) is 0 Å². The van der Waals surface area contributed by atoms with Gasteiger partial charge in [-0.1, -0.05) is 25.5 Å². The van der Waals surface area contributed by atoms with Crippen LogP contribution in [0.25, 0.3) is 0 Å². The highest BCUT2D eigenvalue weighted by atomic mass is 35.5. The van der Waals surface area contributed by atoms with E-state index in [4.69, 9.17) is 11.6 Å². The number of hydrogen-bond acceptors (Lipinski definition) is 2. The monoisotopic (exact) mass is 344 g/mol. The van der Waals surface area contributed by atoms with E-state index < -0.39 is 5.60 Å². The van der Waals surface area contributed by atoms with Crippen LogP contribution >= 0.6 is 11.6 Å². The molecule has 0 aromatic rings. The van der Waals surface area contributed by atoms with Crippen LogP contribution < -0.4 is 0 Å². The van der Waals surface area contributed by atoms with Gasteiger partial charge in [0.1, 0.15) is 0 Å². The van der Waals surface area contributed by atoms with Gasteiger partial charge in [0.25, 0.3) is 0 Å². The molecule has 0 bridgehead atoms. The van der Waals surface area contributed by atoms with Gasteiger partial charge in [0.2, 0.25) is 0 Å². The molecule has 4 rings (SSSR count). The van der Waals surface area contributed by atoms with Gasteiger partial charge in [-0.3, -0.25) is 4.79 Å². The molecule has 2 nitrogen and oxygen atoms in total. The Balaban J connectivity index is 1.71. The number of carbonyl (C=O) groups is 1. The molecule has 1 N–H and O–H groups in total. The van der Waals surface area contributed by atoms with Gasteiger partial charge in [0.15, 0.2) is 11.4 Å². The normalized spacial score (nSPS) is 49.4. The molecular weight excluding hydrogens is 320 g/mol. The van der Waals surface area contributed by atoms with Crippen molar-refractivity contribution in [2.45, 2.75) is 58.0 Å². The van der Waals surface area contributed by atoms with E-state index in [0.29, 0.717) is 30.0 Å². The average molecular weight is 345 g/mol. The number of fused-ring (bicyclic) bond motifs is 5. The number of rotatable bonds is 0. The molecule has 0 spiro atoms. The largest absolute Gasteiger partial charge is 0.373 e. The summed E-state index contributed by atoms with van der Waals surface area (Å²) in [7, 11) is 0. The summed E-state index contributed by atoms with van der Waals surface area (Å²) in [5.74, 6) is 4.65. The Bertz CT molecular complexity index is 711. The Morgan fingerprint density at radius 3 is 2.79 bits per heavy atom. The summed E-state index contributed by atoms with van der Waals surface area (Å²) in [5.41, 5.74) is 0.175. The minimum atomic E-state index is -1.11. The van der Waals surface area contributed by atoms with E-state index in [2.05, 4.69) is 31.2 Å². The molecule has 0 aromatic carbocycles. The predicted molar refractivity (Wildman–Crippen MR) is 95.2 cm³/mol. The molecule has 0 radical (unpaired) electrons. The second-order valence-corrected chi connectivity index (χ2v) is 8.88. The lowest BCUT2D eigenvalue weighted by molar-refractivity contribution is -0.118. The third-order valence-electron chi connectivity index (χ3n) is 7.87. The molecule has 2 fully saturated rings. The van der Waals surface area contributed by atoms with Crippen LogP contribution in [0.1, 0.15) is 52.4 Å². The minimum Gasteiger partial charge on any atom is -0.373 e. The van der Waals surface area contributed by atoms with Crippen molar-refractivity contribution in [3.8, 4) is 11.3 Å². The van der Waals surface area contributed by atoms with Gasteiger partial charge in [-0.05, 0) is 84.9 Å². The van der Waals surface area contributed by atoms with Crippen molar-refractivity contribution < 1.29 is 9.90 Å². The van der Waals surface area contributed by atoms with Crippen molar-refractivity contribution in [3.63, 3.8) is 0 Å². The molecule has 4 aliphatic carbocycles. The van der Waals surface area contributed by atoms with Crippen LogP contribution in [0.3, 0.4) is 0 Å². The molecule has 0 amide bonds. The molecule has 0 saturated heterocycles. The smallest absolute Gasteiger partial charge is 0.155 e. The molecule has 0 aliphatic heterocycles. The maximum atomic E-state index is 11.9. The molecule has 6 atom stereocenters. The molecule has 4 aliphatic rings. The molecule has 0 aromatic heterocycles. The third-order valence-corrected chi connectivity index (χ3v) is 7.96. The summed E-state index contributed by atoms with van der Waals surface area (Å²) >= 11 is 5.63. The van der Waals surface area contributed by atoms with Gasteiger partial charge in [-0.25, -0.2) is 0 Å². The summed E-state index contributed by atoms with van der Waals surface area (Å²) in [4.78, 5) is 11.9. The summed E-state index contributed by atoms with van der Waals surface area (Å²) in [5, 5.41) is 13.5. The Hall–Kier alpha value is -1.04. The van der Waals surface area contributed by atoms with Gasteiger partial charge in [-0.2, -0.15) is 0 Å². The topological polar surface area (TPSA) is 37.3 Å². The number of allylic oxidation sites excluding steroid dienone is 3. The zero-order valence-corrected chi connectivity index (χ0v) is 15.2. The Morgan fingerprint density at radius 2 is 2.04 bits per heavy atom. The number of carbonyl (C=O) groups excluding carboxylic acids is 1. The maximum Gasteiger partial charge on any atom is 0.155 e. The van der Waals surface area contributed by atoms with Crippen LogP contribution in [0.2, 0.25) is 0 Å². The van der Waals surface area contributed by atoms with E-state index in [9.17, 15) is 9.90 Å². The lowest BCUT2D eigenvalue weighted by atomic mass is 9.46. The van der Waals surface area contributed by atoms with Crippen molar-refractivity contribution in [1.82, 2.24) is 0 Å². The highest BCUT2D eigenvalue weighted by Gasteiger charge is 2.61. The second-order valence-electron chi connectivity index (χ2n) is 8.69. The first kappa shape index (κ1) is 16.4. The molecule has 0 heterocycles. The molecule has 3 heteroatoms. The molecule has 128 valence electrons. The van der Waals surface area contributed by atoms with E-state index in [1.165, 1.54) is 5.57 Å². The van der Waals surface area contributed by atoms with Crippen LogP contribution in [-0.2, 0) is 4.79 Å². The van der Waals surface area contributed by atoms with Gasteiger partial charge in [0, 0.05) is 17.2 Å². The van der Waals surface area contributed by atoms with Crippen molar-refractivity contribution in [1.29, 1.82) is 0 Å². The Morgan fingerprint density at radius 1 is 1.25 bits per heavy atom. The van der Waals surface area contributed by atoms with E-state index in [1.54, 1.807) is 0 Å². The highest BCUT2D eigenvalue weighted by Crippen LogP contribution is 2.65. The van der Waals surface area contributed by atoms with Crippen LogP contribution in [0, 0.1) is 39.9 Å². The fraction of sp³-hybridized carbons (Fsp3) is 0.667. The Kier molecular flexibility index (Phi) is 3.58. The number of aliphatic hydroxyl groups is 1. The third kappa shape index (κ3) is 1.98. The predicted octanol–water partition coefficient (Wildman–Crippen LogP) is 4.23. The van der Waals surface area contributed by atoms with E-state index in [1.807, 2.05) is 12.2 Å². The summed E-state index contributed by atoms with van der Waals surface area (Å²) in [6.07, 6.45) is 11.8. The number of hydrogen-bond donors (Lipinski definition) is 1.